The molecular weight excluding hydrogens is 250 g/mol. The fourth-order valence-electron chi connectivity index (χ4n) is 2.33. The fraction of sp³-hybridized carbons (Fsp3) is 0.500. The second kappa shape index (κ2) is 5.37. The molecule has 1 aromatic heterocycles. The van der Waals surface area contributed by atoms with Gasteiger partial charge in [0.15, 0.2) is 0 Å². The van der Waals surface area contributed by atoms with Crippen LogP contribution >= 0.6 is 0 Å². The van der Waals surface area contributed by atoms with Crippen molar-refractivity contribution in [3.8, 4) is 0 Å². The number of benzene rings is 1. The van der Waals surface area contributed by atoms with Crippen LogP contribution in [0.4, 0.5) is 0 Å². The summed E-state index contributed by atoms with van der Waals surface area (Å²) in [7, 11) is 0. The molecule has 0 aliphatic heterocycles. The number of aliphatic hydroxyl groups excluding tert-OH is 1. The highest BCUT2D eigenvalue weighted by Gasteiger charge is 2.16. The number of rotatable bonds is 3. The van der Waals surface area contributed by atoms with E-state index in [0.717, 1.165) is 0 Å². The Hall–Kier alpha value is -1.68. The zero-order valence-corrected chi connectivity index (χ0v) is 12.9. The lowest BCUT2D eigenvalue weighted by molar-refractivity contribution is 0.276. The zero-order valence-electron chi connectivity index (χ0n) is 12.9. The summed E-state index contributed by atoms with van der Waals surface area (Å²) in [5, 5.41) is 17.0. The molecule has 0 fully saturated rings. The minimum absolute atomic E-state index is 0.0685. The molecule has 4 heteroatoms. The van der Waals surface area contributed by atoms with Gasteiger partial charge in [-0.2, -0.15) is 0 Å². The van der Waals surface area contributed by atoms with E-state index in [9.17, 15) is 0 Å². The number of nitrogens with zero attached hydrogens (tertiary/aromatic N) is 3. The highest BCUT2D eigenvalue weighted by molar-refractivity contribution is 5.40. The molecule has 0 radical (unpaired) electrons. The Labute approximate surface area is 120 Å². The van der Waals surface area contributed by atoms with Gasteiger partial charge in [-0.3, -0.25) is 0 Å². The van der Waals surface area contributed by atoms with Gasteiger partial charge >= 0.3 is 0 Å². The first-order valence-electron chi connectivity index (χ1n) is 6.91. The zero-order chi connectivity index (χ0) is 14.9. The van der Waals surface area contributed by atoms with Crippen molar-refractivity contribution in [2.24, 2.45) is 0 Å². The van der Waals surface area contributed by atoms with Gasteiger partial charge < -0.3 is 5.11 Å². The number of hydrogen-bond acceptors (Lipinski definition) is 3. The van der Waals surface area contributed by atoms with E-state index in [4.69, 9.17) is 5.11 Å². The number of aryl methyl sites for hydroxylation is 2. The van der Waals surface area contributed by atoms with Crippen LogP contribution in [0, 0.1) is 13.8 Å². The van der Waals surface area contributed by atoms with Crippen molar-refractivity contribution in [3.05, 3.63) is 46.3 Å². The van der Waals surface area contributed by atoms with Crippen LogP contribution in [-0.4, -0.2) is 20.1 Å². The molecule has 1 N–H and O–H groups in total. The Bertz CT molecular complexity index is 585. The smallest absolute Gasteiger partial charge is 0.108 e. The van der Waals surface area contributed by atoms with Crippen molar-refractivity contribution in [2.75, 3.05) is 0 Å². The summed E-state index contributed by atoms with van der Waals surface area (Å²) in [4.78, 5) is 0. The first-order chi connectivity index (χ1) is 9.31. The van der Waals surface area contributed by atoms with E-state index in [1.807, 2.05) is 0 Å². The van der Waals surface area contributed by atoms with E-state index in [1.165, 1.54) is 22.3 Å². The third-order valence-electron chi connectivity index (χ3n) is 3.63. The molecule has 2 aromatic rings. The standard InChI is InChI=1S/C16H23N3O/c1-11-6-13(16(3,4)5)7-12(2)15(11)9-19-8-14(10-20)17-18-19/h6-8,20H,9-10H2,1-5H3. The van der Waals surface area contributed by atoms with Crippen LogP contribution in [0.1, 0.15) is 48.7 Å². The van der Waals surface area contributed by atoms with Crippen LogP contribution in [0.3, 0.4) is 0 Å². The van der Waals surface area contributed by atoms with Crippen LogP contribution in [0.5, 0.6) is 0 Å². The minimum Gasteiger partial charge on any atom is -0.390 e. The molecule has 0 aliphatic carbocycles. The van der Waals surface area contributed by atoms with Crippen molar-refractivity contribution >= 4 is 0 Å². The maximum atomic E-state index is 9.04. The molecule has 20 heavy (non-hydrogen) atoms. The third-order valence-corrected chi connectivity index (χ3v) is 3.63. The minimum atomic E-state index is -0.0685. The van der Waals surface area contributed by atoms with E-state index in [0.29, 0.717) is 12.2 Å². The first-order valence-corrected chi connectivity index (χ1v) is 6.91. The van der Waals surface area contributed by atoms with E-state index in [-0.39, 0.29) is 12.0 Å². The summed E-state index contributed by atoms with van der Waals surface area (Å²) in [5.41, 5.74) is 5.93. The maximum absolute atomic E-state index is 9.04. The van der Waals surface area contributed by atoms with Crippen molar-refractivity contribution in [1.29, 1.82) is 0 Å². The van der Waals surface area contributed by atoms with Crippen molar-refractivity contribution in [2.45, 2.75) is 53.2 Å². The normalized spacial score (nSPS) is 11.9. The second-order valence-corrected chi connectivity index (χ2v) is 6.40. The van der Waals surface area contributed by atoms with E-state index in [2.05, 4.69) is 57.1 Å². The third kappa shape index (κ3) is 3.07. The second-order valence-electron chi connectivity index (χ2n) is 6.40. The lowest BCUT2D eigenvalue weighted by atomic mass is 9.84. The molecule has 0 atom stereocenters. The Kier molecular flexibility index (Phi) is 3.95. The molecule has 1 aromatic carbocycles. The van der Waals surface area contributed by atoms with Crippen LogP contribution in [0.2, 0.25) is 0 Å². The summed E-state index contributed by atoms with van der Waals surface area (Å²) in [6.45, 7) is 11.6. The topological polar surface area (TPSA) is 50.9 Å². The van der Waals surface area contributed by atoms with E-state index in [1.54, 1.807) is 10.9 Å². The molecule has 0 amide bonds. The average Bonchev–Trinajstić information content (AvgIpc) is 2.80. The number of aliphatic hydroxyl groups is 1. The highest BCUT2D eigenvalue weighted by atomic mass is 16.3. The van der Waals surface area contributed by atoms with Gasteiger partial charge in [-0.1, -0.05) is 38.1 Å². The molecule has 0 spiro atoms. The average molecular weight is 273 g/mol. The first kappa shape index (κ1) is 14.7. The van der Waals surface area contributed by atoms with Gasteiger partial charge in [0.2, 0.25) is 0 Å². The summed E-state index contributed by atoms with van der Waals surface area (Å²) < 4.78 is 1.78. The Morgan fingerprint density at radius 2 is 1.75 bits per heavy atom. The molecule has 0 unspecified atom stereocenters. The lowest BCUT2D eigenvalue weighted by Gasteiger charge is -2.22. The molecule has 1 heterocycles. The number of aromatic nitrogens is 3. The largest absolute Gasteiger partial charge is 0.390 e. The van der Waals surface area contributed by atoms with Gasteiger partial charge in [0, 0.05) is 0 Å². The van der Waals surface area contributed by atoms with Gasteiger partial charge in [0.1, 0.15) is 5.69 Å². The van der Waals surface area contributed by atoms with Crippen molar-refractivity contribution in [3.63, 3.8) is 0 Å². The number of hydrogen-bond donors (Lipinski definition) is 1. The van der Waals surface area contributed by atoms with Crippen LogP contribution in [0.15, 0.2) is 18.3 Å². The SMILES string of the molecule is Cc1cc(C(C)(C)C)cc(C)c1Cn1cc(CO)nn1. The lowest BCUT2D eigenvalue weighted by Crippen LogP contribution is -2.13. The molecule has 108 valence electrons. The summed E-state index contributed by atoms with van der Waals surface area (Å²) >= 11 is 0. The molecule has 0 saturated heterocycles. The quantitative estimate of drug-likeness (QED) is 0.935. The van der Waals surface area contributed by atoms with E-state index >= 15 is 0 Å². The summed E-state index contributed by atoms with van der Waals surface area (Å²) in [6, 6.07) is 4.51. The van der Waals surface area contributed by atoms with E-state index < -0.39 is 0 Å². The van der Waals surface area contributed by atoms with Crippen LogP contribution < -0.4 is 0 Å². The monoisotopic (exact) mass is 273 g/mol. The molecule has 0 aliphatic rings. The van der Waals surface area contributed by atoms with Gasteiger partial charge in [-0.25, -0.2) is 4.68 Å². The molecule has 0 saturated carbocycles. The van der Waals surface area contributed by atoms with Crippen LogP contribution in [0.25, 0.3) is 0 Å². The summed E-state index contributed by atoms with van der Waals surface area (Å²) in [5.74, 6) is 0. The molecule has 4 nitrogen and oxygen atoms in total. The van der Waals surface area contributed by atoms with Crippen molar-refractivity contribution in [1.82, 2.24) is 15.0 Å². The Morgan fingerprint density at radius 3 is 2.20 bits per heavy atom. The van der Waals surface area contributed by atoms with Gasteiger partial charge in [-0.15, -0.1) is 5.10 Å². The van der Waals surface area contributed by atoms with Gasteiger partial charge in [0.05, 0.1) is 19.3 Å². The van der Waals surface area contributed by atoms with Crippen molar-refractivity contribution < 1.29 is 5.11 Å². The Balaban J connectivity index is 2.33. The maximum Gasteiger partial charge on any atom is 0.108 e. The predicted octanol–water partition coefficient (Wildman–Crippen LogP) is 2.73. The van der Waals surface area contributed by atoms with Gasteiger partial charge in [-0.05, 0) is 41.5 Å². The van der Waals surface area contributed by atoms with Crippen LogP contribution in [-0.2, 0) is 18.6 Å². The molecule has 2 rings (SSSR count). The fourth-order valence-corrected chi connectivity index (χ4v) is 2.33. The Morgan fingerprint density at radius 1 is 1.15 bits per heavy atom. The van der Waals surface area contributed by atoms with Gasteiger partial charge in [0.25, 0.3) is 0 Å². The molecular formula is C16H23N3O. The highest BCUT2D eigenvalue weighted by Crippen LogP contribution is 2.27. The summed E-state index contributed by atoms with van der Waals surface area (Å²) in [6.07, 6.45) is 1.79. The molecule has 0 bridgehead atoms. The predicted molar refractivity (Wildman–Crippen MR) is 79.7 cm³/mol.